The Kier molecular flexibility index (Phi) is 5.64. The number of piperidine rings is 1. The lowest BCUT2D eigenvalue weighted by molar-refractivity contribution is -0.127. The maximum absolute atomic E-state index is 13.0. The number of nitrogens with one attached hydrogen (secondary N) is 1. The summed E-state index contributed by atoms with van der Waals surface area (Å²) < 4.78 is 6.17. The molecular formula is C25H32N2O2. The van der Waals surface area contributed by atoms with Gasteiger partial charge in [-0.3, -0.25) is 9.69 Å². The van der Waals surface area contributed by atoms with Gasteiger partial charge in [0, 0.05) is 24.4 Å². The van der Waals surface area contributed by atoms with E-state index in [9.17, 15) is 4.79 Å². The van der Waals surface area contributed by atoms with Crippen molar-refractivity contribution >= 4 is 5.91 Å². The van der Waals surface area contributed by atoms with Crippen LogP contribution in [0.5, 0.6) is 5.75 Å². The average molecular weight is 393 g/mol. The quantitative estimate of drug-likeness (QED) is 0.825. The zero-order chi connectivity index (χ0) is 20.4. The molecule has 0 radical (unpaired) electrons. The van der Waals surface area contributed by atoms with Crippen LogP contribution in [0.15, 0.2) is 48.5 Å². The highest BCUT2D eigenvalue weighted by atomic mass is 16.5. The van der Waals surface area contributed by atoms with Crippen molar-refractivity contribution in [2.45, 2.75) is 58.2 Å². The summed E-state index contributed by atoms with van der Waals surface area (Å²) in [6, 6.07) is 16.9. The number of carbonyl (C=O) groups excluding carboxylic acids is 1. The SMILES string of the molecule is Cc1ccc2c(c1)OC(C)(C)C[C@H]2NC(=O)C1CCN(Cc2ccccc2)CC1. The second-order valence-electron chi connectivity index (χ2n) is 9.20. The predicted octanol–water partition coefficient (Wildman–Crippen LogP) is 4.63. The Labute approximate surface area is 174 Å². The van der Waals surface area contributed by atoms with Crippen molar-refractivity contribution in [3.63, 3.8) is 0 Å². The second-order valence-corrected chi connectivity index (χ2v) is 9.20. The monoisotopic (exact) mass is 392 g/mol. The number of carbonyl (C=O) groups is 1. The summed E-state index contributed by atoms with van der Waals surface area (Å²) >= 11 is 0. The number of likely N-dealkylation sites (tertiary alicyclic amines) is 1. The molecule has 2 aromatic carbocycles. The first-order chi connectivity index (χ1) is 13.9. The van der Waals surface area contributed by atoms with Gasteiger partial charge in [-0.1, -0.05) is 42.5 Å². The largest absolute Gasteiger partial charge is 0.487 e. The van der Waals surface area contributed by atoms with Gasteiger partial charge in [0.25, 0.3) is 0 Å². The molecule has 1 amide bonds. The lowest BCUT2D eigenvalue weighted by atomic mass is 9.88. The van der Waals surface area contributed by atoms with Gasteiger partial charge in [-0.05, 0) is 63.9 Å². The van der Waals surface area contributed by atoms with E-state index in [0.29, 0.717) is 0 Å². The minimum Gasteiger partial charge on any atom is -0.487 e. The first-order valence-electron chi connectivity index (χ1n) is 10.8. The van der Waals surface area contributed by atoms with Gasteiger partial charge in [0.05, 0.1) is 6.04 Å². The van der Waals surface area contributed by atoms with Crippen molar-refractivity contribution in [1.29, 1.82) is 0 Å². The molecule has 2 heterocycles. The molecule has 2 aliphatic heterocycles. The van der Waals surface area contributed by atoms with Gasteiger partial charge in [0.2, 0.25) is 5.91 Å². The van der Waals surface area contributed by atoms with E-state index in [1.54, 1.807) is 0 Å². The molecule has 1 N–H and O–H groups in total. The Morgan fingerprint density at radius 1 is 1.14 bits per heavy atom. The zero-order valence-corrected chi connectivity index (χ0v) is 17.8. The molecule has 4 rings (SSSR count). The molecular weight excluding hydrogens is 360 g/mol. The number of amides is 1. The molecule has 154 valence electrons. The minimum absolute atomic E-state index is 0.0178. The predicted molar refractivity (Wildman–Crippen MR) is 116 cm³/mol. The molecule has 0 spiro atoms. The Morgan fingerprint density at radius 2 is 1.86 bits per heavy atom. The van der Waals surface area contributed by atoms with E-state index < -0.39 is 0 Å². The molecule has 1 saturated heterocycles. The zero-order valence-electron chi connectivity index (χ0n) is 17.8. The van der Waals surface area contributed by atoms with Gasteiger partial charge in [-0.25, -0.2) is 0 Å². The van der Waals surface area contributed by atoms with Crippen molar-refractivity contribution < 1.29 is 9.53 Å². The van der Waals surface area contributed by atoms with Crippen LogP contribution in [0.4, 0.5) is 0 Å². The van der Waals surface area contributed by atoms with E-state index in [2.05, 4.69) is 79.5 Å². The lowest BCUT2D eigenvalue weighted by Crippen LogP contribution is -2.45. The molecule has 4 heteroatoms. The first kappa shape index (κ1) is 20.0. The average Bonchev–Trinajstić information content (AvgIpc) is 2.68. The topological polar surface area (TPSA) is 41.6 Å². The fraction of sp³-hybridized carbons (Fsp3) is 0.480. The van der Waals surface area contributed by atoms with Crippen LogP contribution in [0.1, 0.15) is 55.8 Å². The summed E-state index contributed by atoms with van der Waals surface area (Å²) in [4.78, 5) is 15.5. The van der Waals surface area contributed by atoms with Crippen LogP contribution in [-0.4, -0.2) is 29.5 Å². The summed E-state index contributed by atoms with van der Waals surface area (Å²) in [7, 11) is 0. The van der Waals surface area contributed by atoms with Crippen molar-refractivity contribution in [2.75, 3.05) is 13.1 Å². The van der Waals surface area contributed by atoms with Crippen molar-refractivity contribution in [2.24, 2.45) is 5.92 Å². The van der Waals surface area contributed by atoms with Crippen LogP contribution in [0.3, 0.4) is 0 Å². The maximum atomic E-state index is 13.0. The number of hydrogen-bond acceptors (Lipinski definition) is 3. The Balaban J connectivity index is 1.36. The highest BCUT2D eigenvalue weighted by Gasteiger charge is 2.36. The Bertz CT molecular complexity index is 854. The van der Waals surface area contributed by atoms with Gasteiger partial charge in [-0.2, -0.15) is 0 Å². The van der Waals surface area contributed by atoms with E-state index in [-0.39, 0.29) is 23.5 Å². The van der Waals surface area contributed by atoms with Crippen molar-refractivity contribution in [1.82, 2.24) is 10.2 Å². The van der Waals surface area contributed by atoms with E-state index >= 15 is 0 Å². The number of fused-ring (bicyclic) bond motifs is 1. The fourth-order valence-corrected chi connectivity index (χ4v) is 4.57. The minimum atomic E-state index is -0.280. The summed E-state index contributed by atoms with van der Waals surface area (Å²) in [5.41, 5.74) is 3.34. The number of ether oxygens (including phenoxy) is 1. The lowest BCUT2D eigenvalue weighted by Gasteiger charge is -2.39. The summed E-state index contributed by atoms with van der Waals surface area (Å²) in [5, 5.41) is 3.35. The van der Waals surface area contributed by atoms with E-state index in [1.807, 2.05) is 0 Å². The van der Waals surface area contributed by atoms with Gasteiger partial charge in [0.1, 0.15) is 11.4 Å². The van der Waals surface area contributed by atoms with Crippen LogP contribution < -0.4 is 10.1 Å². The molecule has 0 bridgehead atoms. The summed E-state index contributed by atoms with van der Waals surface area (Å²) in [6.07, 6.45) is 2.64. The smallest absolute Gasteiger partial charge is 0.223 e. The van der Waals surface area contributed by atoms with Gasteiger partial charge >= 0.3 is 0 Å². The third kappa shape index (κ3) is 4.81. The first-order valence-corrected chi connectivity index (χ1v) is 10.8. The number of benzene rings is 2. The molecule has 29 heavy (non-hydrogen) atoms. The third-order valence-corrected chi connectivity index (χ3v) is 6.15. The van der Waals surface area contributed by atoms with Crippen LogP contribution in [-0.2, 0) is 11.3 Å². The molecule has 1 fully saturated rings. The molecule has 0 unspecified atom stereocenters. The van der Waals surface area contributed by atoms with E-state index in [1.165, 1.54) is 11.1 Å². The Morgan fingerprint density at radius 3 is 2.59 bits per heavy atom. The second kappa shape index (κ2) is 8.19. The van der Waals surface area contributed by atoms with E-state index in [0.717, 1.165) is 50.2 Å². The van der Waals surface area contributed by atoms with E-state index in [4.69, 9.17) is 4.74 Å². The number of nitrogens with zero attached hydrogens (tertiary/aromatic N) is 1. The molecule has 1 atom stereocenters. The highest BCUT2D eigenvalue weighted by molar-refractivity contribution is 5.79. The van der Waals surface area contributed by atoms with Crippen LogP contribution in [0.2, 0.25) is 0 Å². The van der Waals surface area contributed by atoms with Crippen LogP contribution in [0, 0.1) is 12.8 Å². The number of hydrogen-bond donors (Lipinski definition) is 1. The van der Waals surface area contributed by atoms with Crippen LogP contribution >= 0.6 is 0 Å². The summed E-state index contributed by atoms with van der Waals surface area (Å²) in [6.45, 7) is 9.18. The molecule has 0 aliphatic carbocycles. The van der Waals surface area contributed by atoms with Crippen molar-refractivity contribution in [3.8, 4) is 5.75 Å². The normalized spacial score (nSPS) is 21.8. The van der Waals surface area contributed by atoms with Crippen molar-refractivity contribution in [3.05, 3.63) is 65.2 Å². The molecule has 2 aliphatic rings. The third-order valence-electron chi connectivity index (χ3n) is 6.15. The number of aryl methyl sites for hydroxylation is 1. The van der Waals surface area contributed by atoms with Gasteiger partial charge in [-0.15, -0.1) is 0 Å². The highest BCUT2D eigenvalue weighted by Crippen LogP contribution is 2.40. The molecule has 2 aromatic rings. The van der Waals surface area contributed by atoms with Gasteiger partial charge in [0.15, 0.2) is 0 Å². The Hall–Kier alpha value is -2.33. The fourth-order valence-electron chi connectivity index (χ4n) is 4.57. The van der Waals surface area contributed by atoms with Crippen LogP contribution in [0.25, 0.3) is 0 Å². The number of rotatable bonds is 4. The molecule has 4 nitrogen and oxygen atoms in total. The van der Waals surface area contributed by atoms with Gasteiger partial charge < -0.3 is 10.1 Å². The standard InChI is InChI=1S/C25H32N2O2/c1-18-9-10-21-22(16-25(2,3)29-23(21)15-18)26-24(28)20-11-13-27(14-12-20)17-19-7-5-4-6-8-19/h4-10,15,20,22H,11-14,16-17H2,1-3H3,(H,26,28)/t22-/m1/s1. The maximum Gasteiger partial charge on any atom is 0.223 e. The summed E-state index contributed by atoms with van der Waals surface area (Å²) in [5.74, 6) is 1.20. The molecule has 0 aromatic heterocycles. The molecule has 0 saturated carbocycles.